The highest BCUT2D eigenvalue weighted by Crippen LogP contribution is 2.15. The molecule has 0 aromatic carbocycles. The maximum atomic E-state index is 12.0. The van der Waals surface area contributed by atoms with Gasteiger partial charge in [0.15, 0.2) is 0 Å². The molecule has 0 spiro atoms. The van der Waals surface area contributed by atoms with E-state index < -0.39 is 17.3 Å². The van der Waals surface area contributed by atoms with Crippen molar-refractivity contribution in [1.29, 1.82) is 0 Å². The zero-order chi connectivity index (χ0) is 16.0. The topological polar surface area (TPSA) is 122 Å². The van der Waals surface area contributed by atoms with E-state index in [2.05, 4.69) is 5.32 Å². The van der Waals surface area contributed by atoms with Crippen LogP contribution in [0.1, 0.15) is 26.7 Å². The minimum atomic E-state index is -0.996. The Morgan fingerprint density at radius 3 is 2.38 bits per heavy atom. The van der Waals surface area contributed by atoms with Crippen LogP contribution in [0.4, 0.5) is 4.79 Å². The minimum Gasteiger partial charge on any atom is -0.480 e. The van der Waals surface area contributed by atoms with Gasteiger partial charge in [-0.25, -0.2) is 9.59 Å². The third-order valence-electron chi connectivity index (χ3n) is 3.52. The molecule has 0 bridgehead atoms. The summed E-state index contributed by atoms with van der Waals surface area (Å²) in [7, 11) is 0. The molecule has 0 saturated carbocycles. The van der Waals surface area contributed by atoms with Crippen LogP contribution in [0.5, 0.6) is 0 Å². The number of ether oxygens (including phenoxy) is 1. The normalized spacial score (nSPS) is 16.6. The van der Waals surface area contributed by atoms with Crippen LogP contribution in [-0.4, -0.2) is 60.3 Å². The molecule has 1 rings (SSSR count). The van der Waals surface area contributed by atoms with Crippen LogP contribution in [0.15, 0.2) is 0 Å². The summed E-state index contributed by atoms with van der Waals surface area (Å²) in [6, 6.07) is -0.249. The second-order valence-electron chi connectivity index (χ2n) is 5.80. The van der Waals surface area contributed by atoms with E-state index in [1.165, 1.54) is 0 Å². The summed E-state index contributed by atoms with van der Waals surface area (Å²) < 4.78 is 5.20. The van der Waals surface area contributed by atoms with E-state index in [0.717, 1.165) is 0 Å². The lowest BCUT2D eigenvalue weighted by Gasteiger charge is -2.32. The van der Waals surface area contributed by atoms with E-state index in [1.54, 1.807) is 18.7 Å². The smallest absolute Gasteiger partial charge is 0.329 e. The third-order valence-corrected chi connectivity index (χ3v) is 3.52. The number of carboxylic acid groups (broad SMARTS) is 1. The van der Waals surface area contributed by atoms with E-state index in [9.17, 15) is 14.4 Å². The molecule has 0 aromatic rings. The Morgan fingerprint density at radius 1 is 1.33 bits per heavy atom. The number of nitrogens with one attached hydrogen (secondary N) is 1. The molecule has 0 aliphatic carbocycles. The summed E-state index contributed by atoms with van der Waals surface area (Å²) in [4.78, 5) is 35.2. The van der Waals surface area contributed by atoms with E-state index in [-0.39, 0.29) is 25.3 Å². The Kier molecular flexibility index (Phi) is 5.95. The molecule has 21 heavy (non-hydrogen) atoms. The first kappa shape index (κ1) is 17.2. The first-order chi connectivity index (χ1) is 9.72. The minimum absolute atomic E-state index is 0.132. The van der Waals surface area contributed by atoms with Crippen LogP contribution in [0.3, 0.4) is 0 Å². The molecular formula is C13H23N3O5. The lowest BCUT2D eigenvalue weighted by atomic mass is 9.93. The number of hydrogen-bond acceptors (Lipinski definition) is 4. The molecule has 1 fully saturated rings. The largest absolute Gasteiger partial charge is 0.480 e. The second kappa shape index (κ2) is 7.26. The van der Waals surface area contributed by atoms with Crippen molar-refractivity contribution in [2.24, 2.45) is 11.1 Å². The lowest BCUT2D eigenvalue weighted by molar-refractivity contribution is -0.145. The molecule has 0 aromatic heterocycles. The quantitative estimate of drug-likeness (QED) is 0.625. The summed E-state index contributed by atoms with van der Waals surface area (Å²) >= 11 is 0. The summed E-state index contributed by atoms with van der Waals surface area (Å²) in [5.74, 6) is -1.47. The Bertz CT molecular complexity index is 403. The average Bonchev–Trinajstić information content (AvgIpc) is 2.43. The van der Waals surface area contributed by atoms with Crippen molar-refractivity contribution in [2.75, 3.05) is 26.2 Å². The number of hydrogen-bond donors (Lipinski definition) is 3. The predicted octanol–water partition coefficient (Wildman–Crippen LogP) is -0.227. The standard InChI is InChI=1S/C13H23N3O5/c1-13(2,11(14)19)8-15-12(20)16-5-3-9(4-6-16)21-7-10(17)18/h9H,3-8H2,1-2H3,(H2,14,19)(H,15,20)(H,17,18). The van der Waals surface area contributed by atoms with Crippen LogP contribution in [0, 0.1) is 5.41 Å². The van der Waals surface area contributed by atoms with Crippen LogP contribution < -0.4 is 11.1 Å². The van der Waals surface area contributed by atoms with Crippen molar-refractivity contribution in [3.63, 3.8) is 0 Å². The molecule has 8 nitrogen and oxygen atoms in total. The molecular weight excluding hydrogens is 278 g/mol. The Balaban J connectivity index is 2.32. The second-order valence-corrected chi connectivity index (χ2v) is 5.80. The molecule has 1 aliphatic heterocycles. The number of urea groups is 1. The van der Waals surface area contributed by atoms with Crippen molar-refractivity contribution in [2.45, 2.75) is 32.8 Å². The predicted molar refractivity (Wildman–Crippen MR) is 74.6 cm³/mol. The molecule has 120 valence electrons. The fourth-order valence-electron chi connectivity index (χ4n) is 1.91. The lowest BCUT2D eigenvalue weighted by Crippen LogP contribution is -2.50. The Hall–Kier alpha value is -1.83. The zero-order valence-electron chi connectivity index (χ0n) is 12.4. The number of aliphatic carboxylic acids is 1. The number of amides is 3. The summed E-state index contributed by atoms with van der Waals surface area (Å²) in [6.07, 6.45) is 1.06. The van der Waals surface area contributed by atoms with Crippen molar-refractivity contribution in [3.8, 4) is 0 Å². The first-order valence-electron chi connectivity index (χ1n) is 6.88. The van der Waals surface area contributed by atoms with Crippen LogP contribution in [0.25, 0.3) is 0 Å². The molecule has 0 atom stereocenters. The van der Waals surface area contributed by atoms with Gasteiger partial charge in [-0.2, -0.15) is 0 Å². The van der Waals surface area contributed by atoms with Gasteiger partial charge in [0.2, 0.25) is 5.91 Å². The number of rotatable bonds is 6. The number of likely N-dealkylation sites (tertiary alicyclic amines) is 1. The highest BCUT2D eigenvalue weighted by atomic mass is 16.5. The molecule has 4 N–H and O–H groups in total. The fourth-order valence-corrected chi connectivity index (χ4v) is 1.91. The molecule has 1 heterocycles. The molecule has 3 amide bonds. The van der Waals surface area contributed by atoms with Crippen LogP contribution >= 0.6 is 0 Å². The number of carbonyl (C=O) groups is 3. The molecule has 0 unspecified atom stereocenters. The number of carbonyl (C=O) groups excluding carboxylic acids is 2. The van der Waals surface area contributed by atoms with Gasteiger partial charge in [-0.15, -0.1) is 0 Å². The van der Waals surface area contributed by atoms with Crippen molar-refractivity contribution in [1.82, 2.24) is 10.2 Å². The monoisotopic (exact) mass is 301 g/mol. The molecule has 0 radical (unpaired) electrons. The van der Waals surface area contributed by atoms with E-state index in [4.69, 9.17) is 15.6 Å². The van der Waals surface area contributed by atoms with Crippen LogP contribution in [0.2, 0.25) is 0 Å². The van der Waals surface area contributed by atoms with Gasteiger partial charge < -0.3 is 25.8 Å². The maximum absolute atomic E-state index is 12.0. The number of nitrogens with two attached hydrogens (primary N) is 1. The van der Waals surface area contributed by atoms with Gasteiger partial charge in [-0.05, 0) is 26.7 Å². The number of piperidine rings is 1. The van der Waals surface area contributed by atoms with E-state index in [0.29, 0.717) is 25.9 Å². The number of carboxylic acids is 1. The number of primary amides is 1. The third kappa shape index (κ3) is 5.58. The molecule has 1 saturated heterocycles. The fraction of sp³-hybridized carbons (Fsp3) is 0.769. The van der Waals surface area contributed by atoms with Gasteiger partial charge in [0, 0.05) is 19.6 Å². The van der Waals surface area contributed by atoms with Gasteiger partial charge in [-0.1, -0.05) is 0 Å². The van der Waals surface area contributed by atoms with Gasteiger partial charge in [0.05, 0.1) is 11.5 Å². The molecule has 8 heteroatoms. The summed E-state index contributed by atoms with van der Waals surface area (Å²) in [6.45, 7) is 4.18. The zero-order valence-corrected chi connectivity index (χ0v) is 12.4. The Morgan fingerprint density at radius 2 is 1.90 bits per heavy atom. The van der Waals surface area contributed by atoms with Crippen molar-refractivity contribution in [3.05, 3.63) is 0 Å². The highest BCUT2D eigenvalue weighted by molar-refractivity contribution is 5.81. The van der Waals surface area contributed by atoms with E-state index >= 15 is 0 Å². The summed E-state index contributed by atoms with van der Waals surface area (Å²) in [5.41, 5.74) is 4.45. The van der Waals surface area contributed by atoms with Gasteiger partial charge >= 0.3 is 12.0 Å². The van der Waals surface area contributed by atoms with E-state index in [1.807, 2.05) is 0 Å². The summed E-state index contributed by atoms with van der Waals surface area (Å²) in [5, 5.41) is 11.2. The molecule has 1 aliphatic rings. The van der Waals surface area contributed by atoms with Gasteiger partial charge in [0.25, 0.3) is 0 Å². The average molecular weight is 301 g/mol. The Labute approximate surface area is 123 Å². The van der Waals surface area contributed by atoms with Crippen molar-refractivity contribution >= 4 is 17.9 Å². The van der Waals surface area contributed by atoms with Gasteiger partial charge in [0.1, 0.15) is 6.61 Å². The SMILES string of the molecule is CC(C)(CNC(=O)N1CCC(OCC(=O)O)CC1)C(N)=O. The van der Waals surface area contributed by atoms with Crippen molar-refractivity contribution < 1.29 is 24.2 Å². The van der Waals surface area contributed by atoms with Crippen LogP contribution in [-0.2, 0) is 14.3 Å². The first-order valence-corrected chi connectivity index (χ1v) is 6.88. The number of nitrogens with zero attached hydrogens (tertiary/aromatic N) is 1. The highest BCUT2D eigenvalue weighted by Gasteiger charge is 2.28. The van der Waals surface area contributed by atoms with Gasteiger partial charge in [-0.3, -0.25) is 4.79 Å². The maximum Gasteiger partial charge on any atom is 0.329 e.